The standard InChI is InChI=1S/C16H16O4/c1-10-11(6-4-5-9-14(17)18)16(20)13-8-3-2-7-12(13)15(10)19/h2-4,6-8,19-20H,5,9H2,1H3,(H,17,18)/b6-4+. The van der Waals surface area contributed by atoms with Gasteiger partial charge in [-0.05, 0) is 13.3 Å². The number of benzene rings is 2. The molecule has 0 spiro atoms. The molecular formula is C16H16O4. The first-order chi connectivity index (χ1) is 9.52. The predicted octanol–water partition coefficient (Wildman–Crippen LogP) is 3.44. The summed E-state index contributed by atoms with van der Waals surface area (Å²) in [6, 6.07) is 7.06. The van der Waals surface area contributed by atoms with Crippen molar-refractivity contribution in [1.29, 1.82) is 0 Å². The number of carbonyl (C=O) groups is 1. The van der Waals surface area contributed by atoms with Gasteiger partial charge < -0.3 is 15.3 Å². The van der Waals surface area contributed by atoms with Gasteiger partial charge in [0.15, 0.2) is 0 Å². The van der Waals surface area contributed by atoms with Crippen LogP contribution in [-0.2, 0) is 4.79 Å². The Labute approximate surface area is 116 Å². The number of allylic oxidation sites excluding steroid dienone is 1. The zero-order valence-corrected chi connectivity index (χ0v) is 11.1. The van der Waals surface area contributed by atoms with E-state index in [1.165, 1.54) is 0 Å². The van der Waals surface area contributed by atoms with Crippen molar-refractivity contribution in [3.63, 3.8) is 0 Å². The van der Waals surface area contributed by atoms with E-state index in [0.29, 0.717) is 28.3 Å². The molecule has 0 fully saturated rings. The van der Waals surface area contributed by atoms with Gasteiger partial charge >= 0.3 is 5.97 Å². The van der Waals surface area contributed by atoms with Crippen molar-refractivity contribution < 1.29 is 20.1 Å². The van der Waals surface area contributed by atoms with Crippen LogP contribution < -0.4 is 0 Å². The average molecular weight is 272 g/mol. The first kappa shape index (κ1) is 13.9. The van der Waals surface area contributed by atoms with E-state index in [2.05, 4.69) is 0 Å². The molecule has 0 bridgehead atoms. The van der Waals surface area contributed by atoms with Crippen molar-refractivity contribution in [2.24, 2.45) is 0 Å². The summed E-state index contributed by atoms with van der Waals surface area (Å²) in [5.74, 6) is -0.629. The number of hydrogen-bond acceptors (Lipinski definition) is 3. The van der Waals surface area contributed by atoms with Gasteiger partial charge in [0.2, 0.25) is 0 Å². The molecule has 0 saturated carbocycles. The minimum absolute atomic E-state index is 0.0376. The fourth-order valence-corrected chi connectivity index (χ4v) is 2.16. The SMILES string of the molecule is Cc1c(/C=C/CCC(=O)O)c(O)c2ccccc2c1O. The van der Waals surface area contributed by atoms with Crippen LogP contribution in [0.1, 0.15) is 24.0 Å². The van der Waals surface area contributed by atoms with Crippen LogP contribution in [0.5, 0.6) is 11.5 Å². The minimum atomic E-state index is -0.864. The Morgan fingerprint density at radius 1 is 1.15 bits per heavy atom. The zero-order valence-electron chi connectivity index (χ0n) is 11.1. The number of carboxylic acid groups (broad SMARTS) is 1. The summed E-state index contributed by atoms with van der Waals surface area (Å²) < 4.78 is 0. The van der Waals surface area contributed by atoms with Gasteiger partial charge in [-0.3, -0.25) is 4.79 Å². The summed E-state index contributed by atoms with van der Waals surface area (Å²) in [5, 5.41) is 30.2. The lowest BCUT2D eigenvalue weighted by atomic mass is 9.98. The number of phenolic OH excluding ortho intramolecular Hbond substituents is 2. The molecule has 0 aliphatic carbocycles. The molecule has 0 aliphatic heterocycles. The molecule has 4 nitrogen and oxygen atoms in total. The quantitative estimate of drug-likeness (QED) is 0.745. The van der Waals surface area contributed by atoms with Crippen molar-refractivity contribution in [3.05, 3.63) is 41.5 Å². The molecule has 0 unspecified atom stereocenters. The van der Waals surface area contributed by atoms with Gasteiger partial charge in [-0.1, -0.05) is 36.4 Å². The van der Waals surface area contributed by atoms with E-state index >= 15 is 0 Å². The molecule has 104 valence electrons. The van der Waals surface area contributed by atoms with Gasteiger partial charge in [0.1, 0.15) is 11.5 Å². The van der Waals surface area contributed by atoms with Gasteiger partial charge in [-0.2, -0.15) is 0 Å². The molecule has 4 heteroatoms. The van der Waals surface area contributed by atoms with Crippen molar-refractivity contribution in [1.82, 2.24) is 0 Å². The maximum atomic E-state index is 10.5. The number of aromatic hydroxyl groups is 2. The zero-order chi connectivity index (χ0) is 14.7. The topological polar surface area (TPSA) is 77.8 Å². The summed E-state index contributed by atoms with van der Waals surface area (Å²) in [6.07, 6.45) is 3.75. The molecule has 0 atom stereocenters. The molecule has 0 saturated heterocycles. The normalized spacial score (nSPS) is 11.2. The Kier molecular flexibility index (Phi) is 3.94. The second-order valence-electron chi connectivity index (χ2n) is 4.62. The molecule has 0 amide bonds. The highest BCUT2D eigenvalue weighted by Crippen LogP contribution is 2.39. The molecule has 2 aromatic carbocycles. The second-order valence-corrected chi connectivity index (χ2v) is 4.62. The molecule has 3 N–H and O–H groups in total. The summed E-state index contributed by atoms with van der Waals surface area (Å²) in [7, 11) is 0. The molecule has 2 aromatic rings. The first-order valence-corrected chi connectivity index (χ1v) is 6.34. The molecule has 0 aliphatic rings. The Balaban J connectivity index is 2.45. The van der Waals surface area contributed by atoms with Crippen molar-refractivity contribution in [3.8, 4) is 11.5 Å². The Morgan fingerprint density at radius 3 is 2.35 bits per heavy atom. The summed E-state index contributed by atoms with van der Waals surface area (Å²) >= 11 is 0. The number of rotatable bonds is 4. The highest BCUT2D eigenvalue weighted by atomic mass is 16.4. The van der Waals surface area contributed by atoms with Gasteiger partial charge in [0.25, 0.3) is 0 Å². The van der Waals surface area contributed by atoms with Crippen LogP contribution in [0.25, 0.3) is 16.8 Å². The van der Waals surface area contributed by atoms with Crippen LogP contribution in [0.3, 0.4) is 0 Å². The van der Waals surface area contributed by atoms with E-state index in [4.69, 9.17) is 5.11 Å². The fourth-order valence-electron chi connectivity index (χ4n) is 2.16. The summed E-state index contributed by atoms with van der Waals surface area (Å²) in [6.45, 7) is 1.72. The van der Waals surface area contributed by atoms with Crippen molar-refractivity contribution in [2.75, 3.05) is 0 Å². The van der Waals surface area contributed by atoms with E-state index in [1.54, 1.807) is 43.3 Å². The number of fused-ring (bicyclic) bond motifs is 1. The number of aliphatic carboxylic acids is 1. The maximum Gasteiger partial charge on any atom is 0.303 e. The minimum Gasteiger partial charge on any atom is -0.507 e. The van der Waals surface area contributed by atoms with E-state index in [-0.39, 0.29) is 17.9 Å². The number of carboxylic acids is 1. The third kappa shape index (κ3) is 2.59. The molecule has 0 aromatic heterocycles. The Morgan fingerprint density at radius 2 is 1.75 bits per heavy atom. The molecule has 0 radical (unpaired) electrons. The fraction of sp³-hybridized carbons (Fsp3) is 0.188. The van der Waals surface area contributed by atoms with E-state index in [1.807, 2.05) is 0 Å². The van der Waals surface area contributed by atoms with Gasteiger partial charge in [0, 0.05) is 28.3 Å². The van der Waals surface area contributed by atoms with E-state index < -0.39 is 5.97 Å². The number of phenols is 2. The third-order valence-electron chi connectivity index (χ3n) is 3.26. The average Bonchev–Trinajstić information content (AvgIpc) is 2.44. The van der Waals surface area contributed by atoms with Gasteiger partial charge in [0.05, 0.1) is 0 Å². The van der Waals surface area contributed by atoms with Crippen molar-refractivity contribution >= 4 is 22.8 Å². The van der Waals surface area contributed by atoms with Crippen LogP contribution >= 0.6 is 0 Å². The van der Waals surface area contributed by atoms with Gasteiger partial charge in [-0.15, -0.1) is 0 Å². The van der Waals surface area contributed by atoms with Crippen LogP contribution in [-0.4, -0.2) is 21.3 Å². The summed E-state index contributed by atoms with van der Waals surface area (Å²) in [4.78, 5) is 10.5. The van der Waals surface area contributed by atoms with Gasteiger partial charge in [-0.25, -0.2) is 0 Å². The molecule has 20 heavy (non-hydrogen) atoms. The van der Waals surface area contributed by atoms with Crippen LogP contribution in [0.2, 0.25) is 0 Å². The van der Waals surface area contributed by atoms with Crippen molar-refractivity contribution in [2.45, 2.75) is 19.8 Å². The highest BCUT2D eigenvalue weighted by Gasteiger charge is 2.13. The predicted molar refractivity (Wildman–Crippen MR) is 77.9 cm³/mol. The van der Waals surface area contributed by atoms with E-state index in [9.17, 15) is 15.0 Å². The smallest absolute Gasteiger partial charge is 0.303 e. The lowest BCUT2D eigenvalue weighted by Crippen LogP contribution is -1.92. The second kappa shape index (κ2) is 5.65. The lowest BCUT2D eigenvalue weighted by molar-refractivity contribution is -0.136. The van der Waals surface area contributed by atoms with E-state index in [0.717, 1.165) is 0 Å². The monoisotopic (exact) mass is 272 g/mol. The summed E-state index contributed by atoms with van der Waals surface area (Å²) in [5.41, 5.74) is 1.10. The highest BCUT2D eigenvalue weighted by molar-refractivity contribution is 5.97. The Bertz CT molecular complexity index is 686. The maximum absolute atomic E-state index is 10.5. The molecule has 0 heterocycles. The lowest BCUT2D eigenvalue weighted by Gasteiger charge is -2.11. The van der Waals surface area contributed by atoms with Crippen LogP contribution in [0, 0.1) is 6.92 Å². The van der Waals surface area contributed by atoms with Crippen LogP contribution in [0.4, 0.5) is 0 Å². The largest absolute Gasteiger partial charge is 0.507 e. The number of hydrogen-bond donors (Lipinski definition) is 3. The third-order valence-corrected chi connectivity index (χ3v) is 3.26. The molecule has 2 rings (SSSR count). The van der Waals surface area contributed by atoms with Crippen LogP contribution in [0.15, 0.2) is 30.3 Å². The molecular weight excluding hydrogens is 256 g/mol. The first-order valence-electron chi connectivity index (χ1n) is 6.34. The Hall–Kier alpha value is -2.49.